The Bertz CT molecular complexity index is 1560. The maximum Gasteiger partial charge on any atom is 0.409 e. The quantitative estimate of drug-likeness (QED) is 0.270. The standard InChI is InChI=1S/C36H50ClN3O10S/c1-20-10-9-11-27(47-8)36(45)19-26(48-34(44)38-36)21(2)31-35(4,33(49-31)50-32(43)22(3)39(5)29(42)13-15-51)14-12-28(41)40(6)24-17-23(16-20)18-25(46-7)30(24)37/h9-11,17-18,21-22,26-27,31,33,45,51H,12-16,19H2,1-8H3,(H,38,44)/b11-9+,20-10+/t21-,22+,26+,27-,31+,33+,35-,36+/m1/s1. The number of allylic oxidation sites excluding steroid dienone is 3. The normalized spacial score (nSPS) is 32.2. The van der Waals surface area contributed by atoms with Gasteiger partial charge in [0.25, 0.3) is 0 Å². The van der Waals surface area contributed by atoms with Gasteiger partial charge in [-0.05, 0) is 50.1 Å². The molecule has 3 aliphatic rings. The molecule has 3 amide bonds. The lowest BCUT2D eigenvalue weighted by Gasteiger charge is -2.56. The van der Waals surface area contributed by atoms with Crippen molar-refractivity contribution in [3.63, 3.8) is 0 Å². The Morgan fingerprint density at radius 2 is 1.98 bits per heavy atom. The number of amides is 3. The van der Waals surface area contributed by atoms with E-state index in [1.807, 2.05) is 39.0 Å². The zero-order valence-corrected chi connectivity index (χ0v) is 32.1. The van der Waals surface area contributed by atoms with E-state index in [2.05, 4.69) is 17.9 Å². The van der Waals surface area contributed by atoms with Gasteiger partial charge in [-0.25, -0.2) is 9.59 Å². The van der Waals surface area contributed by atoms with Gasteiger partial charge in [0.1, 0.15) is 29.0 Å². The molecule has 2 N–H and O–H groups in total. The van der Waals surface area contributed by atoms with E-state index >= 15 is 0 Å². The molecule has 51 heavy (non-hydrogen) atoms. The number of rotatable bonds is 7. The van der Waals surface area contributed by atoms with Crippen molar-refractivity contribution in [3.8, 4) is 5.75 Å². The van der Waals surface area contributed by atoms with Crippen LogP contribution in [-0.4, -0.2) is 104 Å². The van der Waals surface area contributed by atoms with Crippen LogP contribution in [0.15, 0.2) is 35.9 Å². The van der Waals surface area contributed by atoms with Gasteiger partial charge in [0, 0.05) is 46.4 Å². The average molecular weight is 752 g/mol. The van der Waals surface area contributed by atoms with Crippen LogP contribution in [0.1, 0.15) is 58.9 Å². The predicted molar refractivity (Wildman–Crippen MR) is 194 cm³/mol. The fourth-order valence-electron chi connectivity index (χ4n) is 6.87. The van der Waals surface area contributed by atoms with Crippen LogP contribution < -0.4 is 15.0 Å². The number of hydrogen-bond donors (Lipinski definition) is 3. The van der Waals surface area contributed by atoms with E-state index in [1.165, 1.54) is 31.1 Å². The summed E-state index contributed by atoms with van der Waals surface area (Å²) in [4.78, 5) is 55.3. The van der Waals surface area contributed by atoms with E-state index in [4.69, 9.17) is 35.3 Å². The largest absolute Gasteiger partial charge is 0.495 e. The summed E-state index contributed by atoms with van der Waals surface area (Å²) < 4.78 is 29.0. The maximum atomic E-state index is 13.8. The van der Waals surface area contributed by atoms with Crippen molar-refractivity contribution in [1.29, 1.82) is 0 Å². The van der Waals surface area contributed by atoms with Crippen LogP contribution in [0.2, 0.25) is 5.02 Å². The molecule has 0 radical (unpaired) electrons. The molecule has 0 saturated carbocycles. The van der Waals surface area contributed by atoms with Crippen molar-refractivity contribution < 1.29 is 48.0 Å². The van der Waals surface area contributed by atoms with Gasteiger partial charge in [-0.1, -0.05) is 49.2 Å². The maximum absolute atomic E-state index is 13.8. The molecule has 2 fully saturated rings. The molecule has 0 aliphatic carbocycles. The minimum Gasteiger partial charge on any atom is -0.495 e. The van der Waals surface area contributed by atoms with Crippen LogP contribution in [0.25, 0.3) is 0 Å². The minimum absolute atomic E-state index is 0.0108. The first-order valence-corrected chi connectivity index (χ1v) is 17.9. The number of aliphatic hydroxyl groups is 1. The number of fused-ring (bicyclic) bond motifs is 5. The molecule has 8 atom stereocenters. The van der Waals surface area contributed by atoms with Gasteiger partial charge in [-0.3, -0.25) is 14.9 Å². The van der Waals surface area contributed by atoms with Crippen LogP contribution in [0.3, 0.4) is 0 Å². The Kier molecular flexibility index (Phi) is 13.2. The van der Waals surface area contributed by atoms with Crippen molar-refractivity contribution in [1.82, 2.24) is 10.2 Å². The second-order valence-electron chi connectivity index (χ2n) is 13.9. The number of anilines is 1. The first-order chi connectivity index (χ1) is 24.0. The van der Waals surface area contributed by atoms with Crippen molar-refractivity contribution in [3.05, 3.63) is 46.5 Å². The summed E-state index contributed by atoms with van der Waals surface area (Å²) in [5, 5.41) is 14.6. The monoisotopic (exact) mass is 751 g/mol. The number of hydrogen-bond acceptors (Lipinski definition) is 11. The van der Waals surface area contributed by atoms with Crippen molar-refractivity contribution in [2.24, 2.45) is 11.3 Å². The van der Waals surface area contributed by atoms with E-state index in [0.717, 1.165) is 11.1 Å². The Labute approximate surface area is 310 Å². The smallest absolute Gasteiger partial charge is 0.409 e. The highest BCUT2D eigenvalue weighted by Gasteiger charge is 2.60. The third-order valence-corrected chi connectivity index (χ3v) is 10.9. The van der Waals surface area contributed by atoms with E-state index in [9.17, 15) is 24.3 Å². The molecular formula is C36H50ClN3O10S. The summed E-state index contributed by atoms with van der Waals surface area (Å²) in [6.07, 6.45) is 1.70. The Morgan fingerprint density at radius 1 is 1.27 bits per heavy atom. The summed E-state index contributed by atoms with van der Waals surface area (Å²) in [5.74, 6) is -1.00. The van der Waals surface area contributed by atoms with Crippen LogP contribution in [0, 0.1) is 11.3 Å². The second kappa shape index (κ2) is 16.6. The number of methoxy groups -OCH3 is 2. The van der Waals surface area contributed by atoms with Gasteiger partial charge in [-0.15, -0.1) is 0 Å². The molecule has 3 aliphatic heterocycles. The molecule has 282 valence electrons. The lowest BCUT2D eigenvalue weighted by atomic mass is 9.68. The molecular weight excluding hydrogens is 702 g/mol. The molecule has 4 bridgehead atoms. The van der Waals surface area contributed by atoms with Gasteiger partial charge in [0.2, 0.25) is 18.1 Å². The lowest BCUT2D eigenvalue weighted by Crippen LogP contribution is -2.68. The van der Waals surface area contributed by atoms with E-state index in [0.29, 0.717) is 23.6 Å². The summed E-state index contributed by atoms with van der Waals surface area (Å²) in [7, 11) is 6.09. The number of likely N-dealkylation sites (N-methyl/N-ethyl adjacent to an activating group) is 1. The fourth-order valence-corrected chi connectivity index (χ4v) is 7.37. The zero-order valence-electron chi connectivity index (χ0n) is 30.4. The molecule has 13 nitrogen and oxygen atoms in total. The SMILES string of the molecule is COc1cc2cc(c1Cl)N(C)C(=O)CC[C@@]1(C)[C@H](OC(=O)[C@H](C)N(C)C(=O)CCS)O[C@H]1[C@H](C)[C@@H]1C[C@@](O)(NC(=O)O1)[C@H](OC)/C=C/C=C(\C)C2. The molecule has 2 saturated heterocycles. The second-order valence-corrected chi connectivity index (χ2v) is 14.7. The van der Waals surface area contributed by atoms with Crippen LogP contribution in [0.5, 0.6) is 5.75 Å². The molecule has 0 unspecified atom stereocenters. The molecule has 1 aromatic rings. The summed E-state index contributed by atoms with van der Waals surface area (Å²) in [6.45, 7) is 7.15. The Balaban J connectivity index is 1.73. The molecule has 3 heterocycles. The fraction of sp³-hybridized carbons (Fsp3) is 0.611. The molecule has 15 heteroatoms. The average Bonchev–Trinajstić information content (AvgIpc) is 3.08. The number of benzene rings is 1. The number of halogens is 1. The van der Waals surface area contributed by atoms with E-state index < -0.39 is 59.8 Å². The minimum atomic E-state index is -1.83. The van der Waals surface area contributed by atoms with Gasteiger partial charge in [0.05, 0.1) is 24.3 Å². The number of nitrogens with zero attached hydrogens (tertiary/aromatic N) is 2. The molecule has 4 rings (SSSR count). The summed E-state index contributed by atoms with van der Waals surface area (Å²) >= 11 is 10.8. The van der Waals surface area contributed by atoms with Gasteiger partial charge >= 0.3 is 12.1 Å². The summed E-state index contributed by atoms with van der Waals surface area (Å²) in [5.41, 5.74) is -0.516. The third-order valence-electron chi connectivity index (χ3n) is 10.3. The highest BCUT2D eigenvalue weighted by Crippen LogP contribution is 2.51. The van der Waals surface area contributed by atoms with Gasteiger partial charge < -0.3 is 38.6 Å². The van der Waals surface area contributed by atoms with Gasteiger partial charge in [0.15, 0.2) is 5.72 Å². The highest BCUT2D eigenvalue weighted by atomic mass is 35.5. The summed E-state index contributed by atoms with van der Waals surface area (Å²) in [6, 6.07) is 2.73. The first kappa shape index (κ1) is 40.5. The van der Waals surface area contributed by atoms with Crippen LogP contribution >= 0.6 is 24.2 Å². The number of ether oxygens (including phenoxy) is 5. The third kappa shape index (κ3) is 8.68. The number of thiol groups is 1. The van der Waals surface area contributed by atoms with E-state index in [1.54, 1.807) is 26.1 Å². The van der Waals surface area contributed by atoms with Crippen molar-refractivity contribution in [2.45, 2.75) is 96.2 Å². The Hall–Kier alpha value is -3.30. The molecule has 0 aromatic heterocycles. The number of carbonyl (C=O) groups excluding carboxylic acids is 4. The topological polar surface area (TPSA) is 153 Å². The zero-order chi connectivity index (χ0) is 37.8. The van der Waals surface area contributed by atoms with E-state index in [-0.39, 0.29) is 42.5 Å². The number of esters is 1. The predicted octanol–water partition coefficient (Wildman–Crippen LogP) is 4.43. The molecule has 1 aromatic carbocycles. The number of carbonyl (C=O) groups is 4. The van der Waals surface area contributed by atoms with Gasteiger partial charge in [-0.2, -0.15) is 12.6 Å². The number of nitrogens with one attached hydrogen (secondary N) is 1. The highest BCUT2D eigenvalue weighted by molar-refractivity contribution is 7.80. The first-order valence-electron chi connectivity index (χ1n) is 16.9. The van der Waals surface area contributed by atoms with Crippen molar-refractivity contribution >= 4 is 53.8 Å². The molecule has 0 spiro atoms. The lowest BCUT2D eigenvalue weighted by molar-refractivity contribution is -0.354. The van der Waals surface area contributed by atoms with Crippen LogP contribution in [-0.2, 0) is 39.8 Å². The van der Waals surface area contributed by atoms with Crippen molar-refractivity contribution in [2.75, 3.05) is 39.0 Å². The van der Waals surface area contributed by atoms with Crippen LogP contribution in [0.4, 0.5) is 10.5 Å². The Morgan fingerprint density at radius 3 is 2.63 bits per heavy atom. The number of alkyl carbamates (subject to hydrolysis) is 1.